The molecule has 1 fully saturated rings. The maximum Gasteiger partial charge on any atom is 0.281 e. The number of nitrogens with one attached hydrogen (secondary N) is 1. The van der Waals surface area contributed by atoms with Crippen LogP contribution in [0.25, 0.3) is 11.3 Å². The molecular weight excluding hydrogens is 508 g/mol. The van der Waals surface area contributed by atoms with E-state index >= 15 is 0 Å². The fraction of sp³-hybridized carbons (Fsp3) is 0.385. The standard InChI is InChI=1S/C26H32N6O5S/c1-4-36-19-7-6-14-32(16-19)25-20(26(33)31-38(34,35)24-9-5-8-22(27)30-24)11-12-21(29-25)18-10-13-23(28-15-18)37-17(2)3/h5,8-13,15,17,19H,4,6-7,14,16H2,1-3H3,(H2,27,30)(H,31,33). The molecule has 4 heterocycles. The van der Waals surface area contributed by atoms with Gasteiger partial charge in [-0.1, -0.05) is 6.07 Å². The van der Waals surface area contributed by atoms with Crippen LogP contribution >= 0.6 is 0 Å². The second kappa shape index (κ2) is 11.7. The zero-order valence-electron chi connectivity index (χ0n) is 21.6. The third-order valence-electron chi connectivity index (χ3n) is 5.84. The molecule has 3 N–H and O–H groups in total. The summed E-state index contributed by atoms with van der Waals surface area (Å²) in [5, 5.41) is -0.346. The molecule has 1 amide bonds. The average molecular weight is 541 g/mol. The lowest BCUT2D eigenvalue weighted by atomic mass is 10.1. The number of carbonyl (C=O) groups excluding carboxylic acids is 1. The van der Waals surface area contributed by atoms with E-state index in [0.717, 1.165) is 18.4 Å². The predicted octanol–water partition coefficient (Wildman–Crippen LogP) is 3.03. The first-order chi connectivity index (χ1) is 18.2. The van der Waals surface area contributed by atoms with E-state index in [4.69, 9.17) is 20.2 Å². The van der Waals surface area contributed by atoms with Crippen LogP contribution in [0.3, 0.4) is 0 Å². The number of sulfonamides is 1. The fourth-order valence-electron chi connectivity index (χ4n) is 4.18. The molecule has 1 unspecified atom stereocenters. The monoisotopic (exact) mass is 540 g/mol. The summed E-state index contributed by atoms with van der Waals surface area (Å²) in [5.41, 5.74) is 7.06. The summed E-state index contributed by atoms with van der Waals surface area (Å²) >= 11 is 0. The zero-order valence-corrected chi connectivity index (χ0v) is 22.4. The molecule has 1 atom stereocenters. The predicted molar refractivity (Wildman–Crippen MR) is 143 cm³/mol. The summed E-state index contributed by atoms with van der Waals surface area (Å²) in [6.45, 7) is 7.51. The number of ether oxygens (including phenoxy) is 2. The number of nitrogens with two attached hydrogens (primary N) is 1. The van der Waals surface area contributed by atoms with Crippen LogP contribution in [0.5, 0.6) is 5.88 Å². The highest BCUT2D eigenvalue weighted by molar-refractivity contribution is 7.90. The van der Waals surface area contributed by atoms with E-state index < -0.39 is 15.9 Å². The van der Waals surface area contributed by atoms with E-state index in [1.165, 1.54) is 18.2 Å². The van der Waals surface area contributed by atoms with Crippen molar-refractivity contribution < 1.29 is 22.7 Å². The maximum absolute atomic E-state index is 13.3. The van der Waals surface area contributed by atoms with Gasteiger partial charge in [-0.05, 0) is 63.9 Å². The van der Waals surface area contributed by atoms with Crippen molar-refractivity contribution in [2.45, 2.75) is 50.8 Å². The maximum atomic E-state index is 13.3. The third kappa shape index (κ3) is 6.56. The number of piperidine rings is 1. The van der Waals surface area contributed by atoms with E-state index in [0.29, 0.717) is 37.1 Å². The van der Waals surface area contributed by atoms with Crippen LogP contribution in [0.4, 0.5) is 11.6 Å². The Labute approximate surface area is 222 Å². The Hall–Kier alpha value is -3.77. The van der Waals surface area contributed by atoms with Crippen LogP contribution in [0.15, 0.2) is 53.7 Å². The molecular formula is C26H32N6O5S. The highest BCUT2D eigenvalue weighted by Gasteiger charge is 2.28. The Balaban J connectivity index is 1.68. The van der Waals surface area contributed by atoms with Crippen molar-refractivity contribution >= 4 is 27.6 Å². The summed E-state index contributed by atoms with van der Waals surface area (Å²) in [4.78, 5) is 28.2. The van der Waals surface area contributed by atoms with E-state index in [1.54, 1.807) is 24.4 Å². The first kappa shape index (κ1) is 27.3. The van der Waals surface area contributed by atoms with Gasteiger partial charge in [-0.2, -0.15) is 8.42 Å². The summed E-state index contributed by atoms with van der Waals surface area (Å²) in [7, 11) is -4.26. The topological polar surface area (TPSA) is 150 Å². The van der Waals surface area contributed by atoms with Gasteiger partial charge in [0.1, 0.15) is 11.6 Å². The van der Waals surface area contributed by atoms with Gasteiger partial charge in [0.25, 0.3) is 15.9 Å². The minimum Gasteiger partial charge on any atom is -0.475 e. The lowest BCUT2D eigenvalue weighted by Gasteiger charge is -2.34. The first-order valence-corrected chi connectivity index (χ1v) is 13.9. The largest absolute Gasteiger partial charge is 0.475 e. The van der Waals surface area contributed by atoms with Gasteiger partial charge in [0.2, 0.25) is 5.88 Å². The second-order valence-corrected chi connectivity index (χ2v) is 10.7. The van der Waals surface area contributed by atoms with E-state index in [2.05, 4.69) is 14.7 Å². The fourth-order valence-corrected chi connectivity index (χ4v) is 5.12. The number of nitrogen functional groups attached to an aromatic ring is 1. The van der Waals surface area contributed by atoms with Crippen molar-refractivity contribution in [2.24, 2.45) is 0 Å². The molecule has 12 heteroatoms. The van der Waals surface area contributed by atoms with Crippen molar-refractivity contribution in [1.29, 1.82) is 0 Å². The number of amides is 1. The number of anilines is 2. The van der Waals surface area contributed by atoms with Crippen LogP contribution in [0, 0.1) is 0 Å². The Morgan fingerprint density at radius 1 is 1.18 bits per heavy atom. The van der Waals surface area contributed by atoms with Crippen molar-refractivity contribution in [3.8, 4) is 17.1 Å². The van der Waals surface area contributed by atoms with Crippen molar-refractivity contribution in [3.63, 3.8) is 0 Å². The molecule has 3 aromatic rings. The van der Waals surface area contributed by atoms with Crippen molar-refractivity contribution in [1.82, 2.24) is 19.7 Å². The third-order valence-corrected chi connectivity index (χ3v) is 7.07. The molecule has 0 aliphatic carbocycles. The molecule has 0 aromatic carbocycles. The minimum absolute atomic E-state index is 0.00735. The lowest BCUT2D eigenvalue weighted by molar-refractivity contribution is 0.0524. The summed E-state index contributed by atoms with van der Waals surface area (Å²) in [5.74, 6) is 0.0694. The molecule has 1 aliphatic heterocycles. The van der Waals surface area contributed by atoms with Crippen molar-refractivity contribution in [2.75, 3.05) is 30.3 Å². The van der Waals surface area contributed by atoms with Gasteiger partial charge in [-0.25, -0.2) is 19.7 Å². The number of hydrogen-bond donors (Lipinski definition) is 2. The van der Waals surface area contributed by atoms with Gasteiger partial charge < -0.3 is 20.1 Å². The molecule has 0 radical (unpaired) electrons. The number of aromatic nitrogens is 3. The van der Waals surface area contributed by atoms with Gasteiger partial charge in [0, 0.05) is 37.5 Å². The number of rotatable bonds is 9. The van der Waals surface area contributed by atoms with Gasteiger partial charge in [0.05, 0.1) is 23.5 Å². The zero-order chi connectivity index (χ0) is 27.3. The van der Waals surface area contributed by atoms with Crippen molar-refractivity contribution in [3.05, 3.63) is 54.2 Å². The second-order valence-electron chi connectivity index (χ2n) is 9.12. The molecule has 1 saturated heterocycles. The normalized spacial score (nSPS) is 15.9. The van der Waals surface area contributed by atoms with Gasteiger partial charge in [0.15, 0.2) is 5.03 Å². The number of pyridine rings is 3. The molecule has 0 spiro atoms. The molecule has 11 nitrogen and oxygen atoms in total. The highest BCUT2D eigenvalue weighted by atomic mass is 32.2. The number of nitrogens with zero attached hydrogens (tertiary/aromatic N) is 4. The Morgan fingerprint density at radius 3 is 2.68 bits per heavy atom. The molecule has 4 rings (SSSR count). The molecule has 38 heavy (non-hydrogen) atoms. The van der Waals surface area contributed by atoms with Crippen LogP contribution in [0.1, 0.15) is 44.0 Å². The van der Waals surface area contributed by atoms with E-state index in [1.807, 2.05) is 31.7 Å². The van der Waals surface area contributed by atoms with E-state index in [9.17, 15) is 13.2 Å². The SMILES string of the molecule is CCOC1CCCN(c2nc(-c3ccc(OC(C)C)nc3)ccc2C(=O)NS(=O)(=O)c2cccc(N)n2)C1. The summed E-state index contributed by atoms with van der Waals surface area (Å²) in [6, 6.07) is 11.0. The van der Waals surface area contributed by atoms with Crippen LogP contribution in [0.2, 0.25) is 0 Å². The van der Waals surface area contributed by atoms with Crippen LogP contribution in [-0.4, -0.2) is 61.2 Å². The van der Waals surface area contributed by atoms with Crippen LogP contribution in [-0.2, 0) is 14.8 Å². The first-order valence-electron chi connectivity index (χ1n) is 12.5. The Bertz CT molecular complexity index is 1380. The molecule has 0 bridgehead atoms. The quantitative estimate of drug-likeness (QED) is 0.415. The molecule has 3 aromatic heterocycles. The minimum atomic E-state index is -4.26. The molecule has 0 saturated carbocycles. The number of hydrogen-bond acceptors (Lipinski definition) is 10. The summed E-state index contributed by atoms with van der Waals surface area (Å²) < 4.78 is 39.3. The van der Waals surface area contributed by atoms with Crippen LogP contribution < -0.4 is 20.1 Å². The molecule has 202 valence electrons. The smallest absolute Gasteiger partial charge is 0.281 e. The summed E-state index contributed by atoms with van der Waals surface area (Å²) in [6.07, 6.45) is 3.35. The van der Waals surface area contributed by atoms with Gasteiger partial charge in [-0.3, -0.25) is 4.79 Å². The Kier molecular flexibility index (Phi) is 8.42. The molecule has 1 aliphatic rings. The highest BCUT2D eigenvalue weighted by Crippen LogP contribution is 2.28. The van der Waals surface area contributed by atoms with E-state index in [-0.39, 0.29) is 28.6 Å². The van der Waals surface area contributed by atoms with Gasteiger partial charge >= 0.3 is 0 Å². The Morgan fingerprint density at radius 2 is 2.00 bits per heavy atom. The average Bonchev–Trinajstić information content (AvgIpc) is 2.88. The lowest BCUT2D eigenvalue weighted by Crippen LogP contribution is -2.41. The van der Waals surface area contributed by atoms with Gasteiger partial charge in [-0.15, -0.1) is 0 Å². The number of carbonyl (C=O) groups is 1.